The summed E-state index contributed by atoms with van der Waals surface area (Å²) < 4.78 is 10.3. The van der Waals surface area contributed by atoms with Gasteiger partial charge >= 0.3 is 0 Å². The summed E-state index contributed by atoms with van der Waals surface area (Å²) in [6, 6.07) is 1.98. The van der Waals surface area contributed by atoms with E-state index in [1.54, 1.807) is 14.2 Å². The summed E-state index contributed by atoms with van der Waals surface area (Å²) >= 11 is 0. The van der Waals surface area contributed by atoms with E-state index in [9.17, 15) is 0 Å². The summed E-state index contributed by atoms with van der Waals surface area (Å²) in [6.45, 7) is 4.25. The minimum atomic E-state index is -0.166. The number of hydrogen-bond acceptors (Lipinski definition) is 3. The van der Waals surface area contributed by atoms with E-state index in [4.69, 9.17) is 14.7 Å². The van der Waals surface area contributed by atoms with Gasteiger partial charge in [-0.3, -0.25) is 0 Å². The highest BCUT2D eigenvalue weighted by Crippen LogP contribution is 2.28. The number of methoxy groups -OCH3 is 2. The number of rotatable bonds is 6. The predicted octanol–water partition coefficient (Wildman–Crippen LogP) is 2.49. The first-order chi connectivity index (χ1) is 6.55. The smallest absolute Gasteiger partial charge is 0.157 e. The van der Waals surface area contributed by atoms with Crippen LogP contribution in [0.25, 0.3) is 0 Å². The van der Waals surface area contributed by atoms with Gasteiger partial charge in [-0.05, 0) is 11.8 Å². The van der Waals surface area contributed by atoms with Crippen LogP contribution in [0.1, 0.15) is 26.7 Å². The molecule has 0 rings (SSSR count). The summed E-state index contributed by atoms with van der Waals surface area (Å²) in [5.41, 5.74) is 0.0873. The van der Waals surface area contributed by atoms with Gasteiger partial charge in [0.15, 0.2) is 6.29 Å². The monoisotopic (exact) mass is 197 g/mol. The molecule has 0 unspecified atom stereocenters. The van der Waals surface area contributed by atoms with Crippen LogP contribution in [0.2, 0.25) is 0 Å². The van der Waals surface area contributed by atoms with E-state index in [-0.39, 0.29) is 11.7 Å². The molecule has 3 heteroatoms. The maximum absolute atomic E-state index is 8.35. The van der Waals surface area contributed by atoms with Crippen LogP contribution >= 0.6 is 0 Å². The Morgan fingerprint density at radius 1 is 1.36 bits per heavy atom. The van der Waals surface area contributed by atoms with E-state index in [0.717, 1.165) is 12.8 Å². The highest BCUT2D eigenvalue weighted by Gasteiger charge is 2.21. The second-order valence-electron chi connectivity index (χ2n) is 4.00. The molecule has 0 fully saturated rings. The largest absolute Gasteiger partial charge is 0.356 e. The molecule has 0 aliphatic heterocycles. The van der Waals surface area contributed by atoms with Gasteiger partial charge in [0.2, 0.25) is 0 Å². The second-order valence-corrected chi connectivity index (χ2v) is 4.00. The van der Waals surface area contributed by atoms with Crippen LogP contribution in [0.4, 0.5) is 0 Å². The maximum atomic E-state index is 8.35. The summed E-state index contributed by atoms with van der Waals surface area (Å²) in [4.78, 5) is 0. The van der Waals surface area contributed by atoms with Crippen LogP contribution in [-0.4, -0.2) is 20.5 Å². The van der Waals surface area contributed by atoms with Crippen LogP contribution in [-0.2, 0) is 9.47 Å². The first kappa shape index (κ1) is 13.2. The number of ether oxygens (including phenoxy) is 2. The summed E-state index contributed by atoms with van der Waals surface area (Å²) in [6.07, 6.45) is 4.89. The Morgan fingerprint density at radius 2 is 1.93 bits per heavy atom. The number of nitriles is 1. The SMILES string of the molecule is COC(CC(C)(C)C/C=C\C#N)OC. The highest BCUT2D eigenvalue weighted by atomic mass is 16.7. The van der Waals surface area contributed by atoms with Gasteiger partial charge in [0, 0.05) is 26.7 Å². The normalized spacial score (nSPS) is 12.3. The van der Waals surface area contributed by atoms with Crippen molar-refractivity contribution in [2.24, 2.45) is 5.41 Å². The highest BCUT2D eigenvalue weighted by molar-refractivity contribution is 5.02. The van der Waals surface area contributed by atoms with E-state index in [1.807, 2.05) is 12.1 Å². The third-order valence-electron chi connectivity index (χ3n) is 2.11. The third kappa shape index (κ3) is 5.74. The second kappa shape index (κ2) is 6.58. The van der Waals surface area contributed by atoms with E-state index in [1.165, 1.54) is 6.08 Å². The lowest BCUT2D eigenvalue weighted by molar-refractivity contribution is -0.122. The molecular weight excluding hydrogens is 178 g/mol. The molecule has 0 amide bonds. The molecule has 14 heavy (non-hydrogen) atoms. The van der Waals surface area contributed by atoms with Gasteiger partial charge in [0.1, 0.15) is 0 Å². The minimum absolute atomic E-state index is 0.0873. The fourth-order valence-electron chi connectivity index (χ4n) is 1.23. The van der Waals surface area contributed by atoms with Crippen LogP contribution in [0.3, 0.4) is 0 Å². The van der Waals surface area contributed by atoms with Crippen molar-refractivity contribution >= 4 is 0 Å². The lowest BCUT2D eigenvalue weighted by Gasteiger charge is -2.26. The Bertz CT molecular complexity index is 212. The van der Waals surface area contributed by atoms with E-state index in [0.29, 0.717) is 0 Å². The average Bonchev–Trinajstić information content (AvgIpc) is 2.14. The van der Waals surface area contributed by atoms with Gasteiger partial charge in [0.05, 0.1) is 6.07 Å². The lowest BCUT2D eigenvalue weighted by Crippen LogP contribution is -2.23. The van der Waals surface area contributed by atoms with Crippen LogP contribution in [0.5, 0.6) is 0 Å². The summed E-state index contributed by atoms with van der Waals surface area (Å²) in [5, 5.41) is 8.35. The van der Waals surface area contributed by atoms with Crippen LogP contribution in [0, 0.1) is 16.7 Å². The first-order valence-electron chi connectivity index (χ1n) is 4.66. The Hall–Kier alpha value is -0.850. The number of nitrogens with zero attached hydrogens (tertiary/aromatic N) is 1. The molecule has 0 N–H and O–H groups in total. The molecule has 0 spiro atoms. The molecular formula is C11H19NO2. The van der Waals surface area contributed by atoms with Gasteiger partial charge in [-0.25, -0.2) is 0 Å². The predicted molar refractivity (Wildman–Crippen MR) is 55.6 cm³/mol. The number of allylic oxidation sites excluding steroid dienone is 2. The van der Waals surface area contributed by atoms with Crippen LogP contribution in [0.15, 0.2) is 12.2 Å². The van der Waals surface area contributed by atoms with Crippen molar-refractivity contribution in [3.05, 3.63) is 12.2 Å². The minimum Gasteiger partial charge on any atom is -0.356 e. The Morgan fingerprint density at radius 3 is 2.36 bits per heavy atom. The molecule has 80 valence electrons. The van der Waals surface area contributed by atoms with Crippen molar-refractivity contribution in [1.29, 1.82) is 5.26 Å². The zero-order chi connectivity index (χ0) is 11.0. The Kier molecular flexibility index (Phi) is 6.18. The summed E-state index contributed by atoms with van der Waals surface area (Å²) in [5.74, 6) is 0. The van der Waals surface area contributed by atoms with E-state index in [2.05, 4.69) is 13.8 Å². The molecule has 0 aromatic rings. The first-order valence-corrected chi connectivity index (χ1v) is 4.66. The molecule has 3 nitrogen and oxygen atoms in total. The molecule has 0 aromatic heterocycles. The van der Waals surface area contributed by atoms with Gasteiger partial charge in [-0.15, -0.1) is 0 Å². The van der Waals surface area contributed by atoms with Crippen LogP contribution < -0.4 is 0 Å². The molecule has 0 aliphatic rings. The van der Waals surface area contributed by atoms with E-state index >= 15 is 0 Å². The van der Waals surface area contributed by atoms with Crippen molar-refractivity contribution in [3.8, 4) is 6.07 Å². The zero-order valence-electron chi connectivity index (χ0n) is 9.41. The lowest BCUT2D eigenvalue weighted by atomic mass is 9.85. The molecule has 0 heterocycles. The Balaban J connectivity index is 4.05. The van der Waals surface area contributed by atoms with Crippen molar-refractivity contribution in [2.75, 3.05) is 14.2 Å². The molecule has 0 saturated heterocycles. The summed E-state index contributed by atoms with van der Waals surface area (Å²) in [7, 11) is 3.27. The average molecular weight is 197 g/mol. The van der Waals surface area contributed by atoms with E-state index < -0.39 is 0 Å². The fourth-order valence-corrected chi connectivity index (χ4v) is 1.23. The molecule has 0 atom stereocenters. The molecule has 0 radical (unpaired) electrons. The van der Waals surface area contributed by atoms with Gasteiger partial charge < -0.3 is 9.47 Å². The van der Waals surface area contributed by atoms with Gasteiger partial charge in [0.25, 0.3) is 0 Å². The van der Waals surface area contributed by atoms with Crippen molar-refractivity contribution in [1.82, 2.24) is 0 Å². The quantitative estimate of drug-likeness (QED) is 0.485. The van der Waals surface area contributed by atoms with Gasteiger partial charge in [-0.2, -0.15) is 5.26 Å². The fraction of sp³-hybridized carbons (Fsp3) is 0.727. The molecule has 0 aromatic carbocycles. The topological polar surface area (TPSA) is 42.2 Å². The van der Waals surface area contributed by atoms with Gasteiger partial charge in [-0.1, -0.05) is 19.9 Å². The third-order valence-corrected chi connectivity index (χ3v) is 2.11. The number of hydrogen-bond donors (Lipinski definition) is 0. The van der Waals surface area contributed by atoms with Crippen molar-refractivity contribution < 1.29 is 9.47 Å². The van der Waals surface area contributed by atoms with Crippen molar-refractivity contribution in [2.45, 2.75) is 33.0 Å². The zero-order valence-corrected chi connectivity index (χ0v) is 9.41. The van der Waals surface area contributed by atoms with Crippen molar-refractivity contribution in [3.63, 3.8) is 0 Å². The standard InChI is InChI=1S/C11H19NO2/c1-11(2,7-5-6-8-12)9-10(13-3)14-4/h5-6,10H,7,9H2,1-4H3/b6-5-. The molecule has 0 bridgehead atoms. The maximum Gasteiger partial charge on any atom is 0.157 e. The molecule has 0 aliphatic carbocycles. The molecule has 0 saturated carbocycles. The Labute approximate surface area is 86.3 Å².